The van der Waals surface area contributed by atoms with Gasteiger partial charge in [0.15, 0.2) is 5.84 Å². The van der Waals surface area contributed by atoms with Crippen LogP contribution in [0.3, 0.4) is 0 Å². The summed E-state index contributed by atoms with van der Waals surface area (Å²) in [7, 11) is 0. The first-order chi connectivity index (χ1) is 9.99. The van der Waals surface area contributed by atoms with Crippen molar-refractivity contribution < 1.29 is 9.60 Å². The molecule has 21 heavy (non-hydrogen) atoms. The number of oxime groups is 1. The van der Waals surface area contributed by atoms with Crippen molar-refractivity contribution in [2.24, 2.45) is 10.9 Å². The summed E-state index contributed by atoms with van der Waals surface area (Å²) in [5, 5.41) is 15.6. The summed E-state index contributed by atoms with van der Waals surface area (Å²) in [5.74, 6) is -0.635. The lowest BCUT2D eigenvalue weighted by Gasteiger charge is -2.10. The molecule has 2 rings (SSSR count). The van der Waals surface area contributed by atoms with Gasteiger partial charge >= 0.3 is 0 Å². The Kier molecular flexibility index (Phi) is 4.88. The van der Waals surface area contributed by atoms with Crippen LogP contribution in [0.2, 0.25) is 10.0 Å². The minimum Gasteiger partial charge on any atom is -0.409 e. The fourth-order valence-corrected chi connectivity index (χ4v) is 2.14. The van der Waals surface area contributed by atoms with Crippen LogP contribution < -0.4 is 11.1 Å². The van der Waals surface area contributed by atoms with Gasteiger partial charge < -0.3 is 16.3 Å². The highest BCUT2D eigenvalue weighted by molar-refractivity contribution is 6.35. The topological polar surface area (TPSA) is 70.6 Å². The van der Waals surface area contributed by atoms with Gasteiger partial charge in [-0.25, -0.2) is 4.39 Å². The zero-order chi connectivity index (χ0) is 15.4. The molecule has 0 aliphatic rings. The van der Waals surface area contributed by atoms with E-state index in [1.807, 2.05) is 0 Å². The third-order valence-electron chi connectivity index (χ3n) is 2.77. The largest absolute Gasteiger partial charge is 0.409 e. The average molecular weight is 328 g/mol. The number of rotatable bonds is 4. The van der Waals surface area contributed by atoms with Gasteiger partial charge in [0.05, 0.1) is 10.7 Å². The standard InChI is InChI=1S/C14H12Cl2FN3O/c15-10-1-2-12(16)13(6-10)19-7-8-3-9(14(18)20-21)5-11(17)4-8/h1-6,19,21H,7H2,(H2,18,20). The van der Waals surface area contributed by atoms with Crippen LogP contribution in [-0.2, 0) is 6.54 Å². The molecular weight excluding hydrogens is 316 g/mol. The van der Waals surface area contributed by atoms with Crippen LogP contribution >= 0.6 is 23.2 Å². The molecule has 0 atom stereocenters. The van der Waals surface area contributed by atoms with Crippen molar-refractivity contribution in [2.75, 3.05) is 5.32 Å². The van der Waals surface area contributed by atoms with E-state index in [9.17, 15) is 4.39 Å². The summed E-state index contributed by atoms with van der Waals surface area (Å²) in [6.45, 7) is 0.309. The van der Waals surface area contributed by atoms with E-state index < -0.39 is 5.82 Å². The summed E-state index contributed by atoms with van der Waals surface area (Å²) >= 11 is 11.9. The lowest BCUT2D eigenvalue weighted by molar-refractivity contribution is 0.318. The molecule has 0 spiro atoms. The normalized spacial score (nSPS) is 11.5. The van der Waals surface area contributed by atoms with Gasteiger partial charge in [0.2, 0.25) is 0 Å². The zero-order valence-corrected chi connectivity index (χ0v) is 12.3. The van der Waals surface area contributed by atoms with E-state index >= 15 is 0 Å². The molecule has 0 aliphatic carbocycles. The predicted molar refractivity (Wildman–Crippen MR) is 82.7 cm³/mol. The summed E-state index contributed by atoms with van der Waals surface area (Å²) in [4.78, 5) is 0. The highest BCUT2D eigenvalue weighted by atomic mass is 35.5. The lowest BCUT2D eigenvalue weighted by Crippen LogP contribution is -2.14. The number of nitrogens with one attached hydrogen (secondary N) is 1. The third-order valence-corrected chi connectivity index (χ3v) is 3.34. The number of anilines is 1. The maximum Gasteiger partial charge on any atom is 0.170 e. The van der Waals surface area contributed by atoms with Crippen LogP contribution in [0.25, 0.3) is 0 Å². The monoisotopic (exact) mass is 327 g/mol. The van der Waals surface area contributed by atoms with Gasteiger partial charge in [-0.15, -0.1) is 0 Å². The van der Waals surface area contributed by atoms with E-state index in [1.165, 1.54) is 12.1 Å². The SMILES string of the molecule is N/C(=N/O)c1cc(F)cc(CNc2cc(Cl)ccc2Cl)c1. The van der Waals surface area contributed by atoms with Crippen LogP contribution in [0.5, 0.6) is 0 Å². The van der Waals surface area contributed by atoms with Gasteiger partial charge in [-0.3, -0.25) is 0 Å². The molecule has 4 N–H and O–H groups in total. The van der Waals surface area contributed by atoms with Crippen LogP contribution in [0.15, 0.2) is 41.6 Å². The molecule has 0 saturated carbocycles. The van der Waals surface area contributed by atoms with Gasteiger partial charge in [0, 0.05) is 17.1 Å². The Morgan fingerprint density at radius 3 is 2.71 bits per heavy atom. The van der Waals surface area contributed by atoms with Gasteiger partial charge in [0.1, 0.15) is 5.82 Å². The Bertz CT molecular complexity index is 692. The minimum atomic E-state index is -0.479. The van der Waals surface area contributed by atoms with Crippen molar-refractivity contribution >= 4 is 34.7 Å². The van der Waals surface area contributed by atoms with Crippen molar-refractivity contribution in [1.29, 1.82) is 0 Å². The smallest absolute Gasteiger partial charge is 0.170 e. The molecular formula is C14H12Cl2FN3O. The van der Waals surface area contributed by atoms with E-state index in [0.717, 1.165) is 0 Å². The predicted octanol–water partition coefficient (Wildman–Crippen LogP) is 3.84. The summed E-state index contributed by atoms with van der Waals surface area (Å²) < 4.78 is 13.5. The molecule has 0 unspecified atom stereocenters. The molecule has 0 heterocycles. The first kappa shape index (κ1) is 15.4. The van der Waals surface area contributed by atoms with Crippen LogP contribution in [-0.4, -0.2) is 11.0 Å². The molecule has 0 radical (unpaired) electrons. The van der Waals surface area contributed by atoms with Crippen LogP contribution in [0, 0.1) is 5.82 Å². The fraction of sp³-hybridized carbons (Fsp3) is 0.0714. The maximum atomic E-state index is 13.5. The number of benzene rings is 2. The Morgan fingerprint density at radius 2 is 2.00 bits per heavy atom. The number of hydrogen-bond donors (Lipinski definition) is 3. The van der Waals surface area contributed by atoms with Gasteiger partial charge in [-0.1, -0.05) is 28.4 Å². The number of nitrogens with two attached hydrogens (primary N) is 1. The quantitative estimate of drug-likeness (QED) is 0.346. The van der Waals surface area contributed by atoms with E-state index in [0.29, 0.717) is 33.4 Å². The van der Waals surface area contributed by atoms with Crippen LogP contribution in [0.1, 0.15) is 11.1 Å². The second kappa shape index (κ2) is 6.65. The van der Waals surface area contributed by atoms with E-state index in [2.05, 4.69) is 10.5 Å². The Hall–Kier alpha value is -1.98. The molecule has 0 aromatic heterocycles. The number of nitrogens with zero attached hydrogens (tertiary/aromatic N) is 1. The zero-order valence-electron chi connectivity index (χ0n) is 10.8. The first-order valence-corrected chi connectivity index (χ1v) is 6.71. The van der Waals surface area contributed by atoms with Gasteiger partial charge in [-0.2, -0.15) is 0 Å². The number of halogens is 3. The molecule has 2 aromatic rings. The summed E-state index contributed by atoms with van der Waals surface area (Å²) in [5.41, 5.74) is 7.01. The summed E-state index contributed by atoms with van der Waals surface area (Å²) in [6.07, 6.45) is 0. The fourth-order valence-electron chi connectivity index (χ4n) is 1.79. The molecule has 0 bridgehead atoms. The number of amidine groups is 1. The van der Waals surface area contributed by atoms with Gasteiger partial charge in [-0.05, 0) is 42.0 Å². The Labute approximate surface area is 131 Å². The first-order valence-electron chi connectivity index (χ1n) is 5.96. The van der Waals surface area contributed by atoms with Gasteiger partial charge in [0.25, 0.3) is 0 Å². The molecule has 0 saturated heterocycles. The van der Waals surface area contributed by atoms with E-state index in [4.69, 9.17) is 34.1 Å². The Morgan fingerprint density at radius 1 is 1.24 bits per heavy atom. The Balaban J connectivity index is 2.20. The maximum absolute atomic E-state index is 13.5. The molecule has 7 heteroatoms. The van der Waals surface area contributed by atoms with Crippen molar-refractivity contribution in [3.63, 3.8) is 0 Å². The third kappa shape index (κ3) is 4.00. The number of hydrogen-bond acceptors (Lipinski definition) is 3. The second-order valence-corrected chi connectivity index (χ2v) is 5.15. The molecule has 4 nitrogen and oxygen atoms in total. The molecule has 110 valence electrons. The highest BCUT2D eigenvalue weighted by Crippen LogP contribution is 2.26. The second-order valence-electron chi connectivity index (χ2n) is 4.31. The highest BCUT2D eigenvalue weighted by Gasteiger charge is 2.06. The van der Waals surface area contributed by atoms with Crippen LogP contribution in [0.4, 0.5) is 10.1 Å². The van der Waals surface area contributed by atoms with Crippen molar-refractivity contribution in [3.8, 4) is 0 Å². The van der Waals surface area contributed by atoms with E-state index in [-0.39, 0.29) is 5.84 Å². The lowest BCUT2D eigenvalue weighted by atomic mass is 10.1. The minimum absolute atomic E-state index is 0.156. The molecule has 0 amide bonds. The average Bonchev–Trinajstić information content (AvgIpc) is 2.46. The van der Waals surface area contributed by atoms with E-state index in [1.54, 1.807) is 24.3 Å². The summed E-state index contributed by atoms with van der Waals surface area (Å²) in [6, 6.07) is 9.16. The van der Waals surface area contributed by atoms with Crippen molar-refractivity contribution in [2.45, 2.75) is 6.54 Å². The molecule has 0 aliphatic heterocycles. The van der Waals surface area contributed by atoms with Crippen molar-refractivity contribution in [1.82, 2.24) is 0 Å². The molecule has 2 aromatic carbocycles. The molecule has 0 fully saturated rings. The van der Waals surface area contributed by atoms with Crippen molar-refractivity contribution in [3.05, 3.63) is 63.4 Å².